The van der Waals surface area contributed by atoms with Crippen LogP contribution in [0.5, 0.6) is 0 Å². The van der Waals surface area contributed by atoms with Gasteiger partial charge in [-0.25, -0.2) is 34.7 Å². The molecule has 0 saturated heterocycles. The molecule has 0 unspecified atom stereocenters. The van der Waals surface area contributed by atoms with Crippen molar-refractivity contribution in [1.29, 1.82) is 0 Å². The Morgan fingerprint density at radius 3 is 1.53 bits per heavy atom. The molecular formula is C29H20Br2F3IN4O4S2. The zero-order valence-corrected chi connectivity index (χ0v) is 30.1. The second kappa shape index (κ2) is 12.4. The standard InChI is InChI=1S/C15H10BrF3N2O2S.C14H10BrIN2O2S/c1-9-2-4-11(5-3-9)24(22,23)21-8-13(15(17,18)19)12-6-10(16)7-20-14(12)21;1-9-2-4-11(5-3-9)21(19,20)18-8-13(16)12-6-10(15)7-17-14(12)18/h2-8H,1H3;2-8H,1H3. The van der Waals surface area contributed by atoms with Gasteiger partial charge in [0.1, 0.15) is 0 Å². The van der Waals surface area contributed by atoms with E-state index in [1.54, 1.807) is 55.7 Å². The highest BCUT2D eigenvalue weighted by atomic mass is 127. The summed E-state index contributed by atoms with van der Waals surface area (Å²) in [7, 11) is -7.84. The molecule has 0 bridgehead atoms. The van der Waals surface area contributed by atoms with Crippen LogP contribution in [0.3, 0.4) is 0 Å². The molecule has 45 heavy (non-hydrogen) atoms. The molecule has 0 aliphatic carbocycles. The van der Waals surface area contributed by atoms with Gasteiger partial charge in [0.25, 0.3) is 20.0 Å². The van der Waals surface area contributed by atoms with Gasteiger partial charge < -0.3 is 0 Å². The van der Waals surface area contributed by atoms with E-state index < -0.39 is 31.8 Å². The highest BCUT2D eigenvalue weighted by Gasteiger charge is 2.37. The Kier molecular flexibility index (Phi) is 9.27. The molecule has 0 fully saturated rings. The number of hydrogen-bond donors (Lipinski definition) is 0. The van der Waals surface area contributed by atoms with Gasteiger partial charge in [0.05, 0.1) is 15.4 Å². The van der Waals surface area contributed by atoms with Crippen LogP contribution in [0, 0.1) is 17.4 Å². The van der Waals surface area contributed by atoms with Crippen LogP contribution >= 0.6 is 54.5 Å². The van der Waals surface area contributed by atoms with E-state index in [-0.39, 0.29) is 20.8 Å². The maximum atomic E-state index is 13.3. The molecule has 0 aliphatic rings. The van der Waals surface area contributed by atoms with Crippen molar-refractivity contribution in [3.8, 4) is 0 Å². The number of alkyl halides is 3. The topological polar surface area (TPSA) is 104 Å². The third kappa shape index (κ3) is 6.70. The Labute approximate surface area is 286 Å². The molecule has 0 radical (unpaired) electrons. The van der Waals surface area contributed by atoms with Crippen molar-refractivity contribution >= 4 is 96.6 Å². The van der Waals surface area contributed by atoms with Gasteiger partial charge >= 0.3 is 6.18 Å². The number of fused-ring (bicyclic) bond motifs is 2. The monoisotopic (exact) mass is 894 g/mol. The van der Waals surface area contributed by atoms with Crippen LogP contribution in [0.25, 0.3) is 22.1 Å². The minimum atomic E-state index is -4.70. The second-order valence-corrected chi connectivity index (χ2v) is 16.4. The summed E-state index contributed by atoms with van der Waals surface area (Å²) in [6.45, 7) is 3.70. The van der Waals surface area contributed by atoms with Crippen LogP contribution in [0.4, 0.5) is 13.2 Å². The van der Waals surface area contributed by atoms with Gasteiger partial charge in [0.2, 0.25) is 0 Å². The molecule has 234 valence electrons. The zero-order valence-electron chi connectivity index (χ0n) is 23.1. The first kappa shape index (κ1) is 33.6. The van der Waals surface area contributed by atoms with Crippen molar-refractivity contribution < 1.29 is 30.0 Å². The van der Waals surface area contributed by atoms with Crippen molar-refractivity contribution in [1.82, 2.24) is 17.9 Å². The number of pyridine rings is 2. The summed E-state index contributed by atoms with van der Waals surface area (Å²) >= 11 is 8.53. The molecule has 0 aliphatic heterocycles. The van der Waals surface area contributed by atoms with E-state index in [0.29, 0.717) is 20.3 Å². The number of benzene rings is 2. The average molecular weight is 896 g/mol. The first-order chi connectivity index (χ1) is 21.0. The molecule has 8 nitrogen and oxygen atoms in total. The maximum absolute atomic E-state index is 13.3. The van der Waals surface area contributed by atoms with E-state index in [2.05, 4.69) is 64.4 Å². The van der Waals surface area contributed by atoms with E-state index in [1.807, 2.05) is 13.0 Å². The van der Waals surface area contributed by atoms with Gasteiger partial charge in [-0.15, -0.1) is 0 Å². The summed E-state index contributed by atoms with van der Waals surface area (Å²) in [6.07, 6.45) is 0.317. The van der Waals surface area contributed by atoms with Crippen molar-refractivity contribution in [3.63, 3.8) is 0 Å². The van der Waals surface area contributed by atoms with E-state index >= 15 is 0 Å². The predicted molar refractivity (Wildman–Crippen MR) is 180 cm³/mol. The number of nitrogens with zero attached hydrogens (tertiary/aromatic N) is 4. The fourth-order valence-corrected chi connectivity index (χ4v) is 8.49. The predicted octanol–water partition coefficient (Wildman–Crippen LogP) is 8.31. The zero-order chi connectivity index (χ0) is 32.9. The molecule has 2 aromatic carbocycles. The van der Waals surface area contributed by atoms with Crippen LogP contribution in [0.15, 0.2) is 104 Å². The van der Waals surface area contributed by atoms with Crippen molar-refractivity contribution in [3.05, 3.63) is 115 Å². The van der Waals surface area contributed by atoms with E-state index in [9.17, 15) is 30.0 Å². The summed E-state index contributed by atoms with van der Waals surface area (Å²) in [5.41, 5.74) is 0.962. The Hall–Kier alpha value is -2.80. The summed E-state index contributed by atoms with van der Waals surface area (Å²) in [4.78, 5) is 8.25. The summed E-state index contributed by atoms with van der Waals surface area (Å²) in [6, 6.07) is 15.7. The van der Waals surface area contributed by atoms with Gasteiger partial charge in [-0.3, -0.25) is 0 Å². The summed E-state index contributed by atoms with van der Waals surface area (Å²) < 4.78 is 94.5. The van der Waals surface area contributed by atoms with Gasteiger partial charge in [0.15, 0.2) is 11.3 Å². The summed E-state index contributed by atoms with van der Waals surface area (Å²) in [5.74, 6) is 0. The lowest BCUT2D eigenvalue weighted by Gasteiger charge is -2.07. The molecule has 6 aromatic rings. The van der Waals surface area contributed by atoms with Crippen molar-refractivity contribution in [2.24, 2.45) is 0 Å². The lowest BCUT2D eigenvalue weighted by Crippen LogP contribution is -2.13. The minimum Gasteiger partial charge on any atom is -0.236 e. The second-order valence-electron chi connectivity index (χ2n) is 9.79. The molecule has 0 amide bonds. The highest BCUT2D eigenvalue weighted by Crippen LogP contribution is 2.37. The molecular weight excluding hydrogens is 876 g/mol. The lowest BCUT2D eigenvalue weighted by molar-refractivity contribution is -0.136. The SMILES string of the molecule is Cc1ccc(S(=O)(=O)n2cc(C(F)(F)F)c3cc(Br)cnc32)cc1.Cc1ccc(S(=O)(=O)n2cc(I)c3cc(Br)cnc32)cc1. The average Bonchev–Trinajstić information content (AvgIpc) is 3.52. The normalized spacial score (nSPS) is 12.4. The smallest absolute Gasteiger partial charge is 0.236 e. The van der Waals surface area contributed by atoms with Crippen molar-refractivity contribution in [2.75, 3.05) is 0 Å². The van der Waals surface area contributed by atoms with Crippen LogP contribution in [0.2, 0.25) is 0 Å². The summed E-state index contributed by atoms with van der Waals surface area (Å²) in [5, 5.41) is 0.522. The minimum absolute atomic E-state index is 0.108. The molecule has 4 heterocycles. The van der Waals surface area contributed by atoms with E-state index in [1.165, 1.54) is 28.4 Å². The van der Waals surface area contributed by atoms with Gasteiger partial charge in [-0.1, -0.05) is 35.4 Å². The number of aromatic nitrogens is 4. The first-order valence-corrected chi connectivity index (χ1v) is 18.2. The molecule has 0 N–H and O–H groups in total. The Morgan fingerprint density at radius 1 is 0.689 bits per heavy atom. The Bertz CT molecular complexity index is 2290. The van der Waals surface area contributed by atoms with Crippen LogP contribution < -0.4 is 0 Å². The number of aryl methyl sites for hydroxylation is 2. The third-order valence-electron chi connectivity index (χ3n) is 6.57. The quantitative estimate of drug-likeness (QED) is 0.165. The van der Waals surface area contributed by atoms with Crippen LogP contribution in [-0.4, -0.2) is 34.7 Å². The van der Waals surface area contributed by atoms with Gasteiger partial charge in [-0.05, 0) is 105 Å². The fourth-order valence-electron chi connectivity index (χ4n) is 4.31. The van der Waals surface area contributed by atoms with E-state index in [0.717, 1.165) is 24.6 Å². The number of halogens is 6. The Balaban J connectivity index is 0.000000179. The van der Waals surface area contributed by atoms with Gasteiger partial charge in [-0.2, -0.15) is 13.2 Å². The Morgan fingerprint density at radius 2 is 1.09 bits per heavy atom. The largest absolute Gasteiger partial charge is 0.418 e. The molecule has 4 aromatic heterocycles. The van der Waals surface area contributed by atoms with Crippen molar-refractivity contribution in [2.45, 2.75) is 29.8 Å². The fraction of sp³-hybridized carbons (Fsp3) is 0.103. The van der Waals surface area contributed by atoms with Gasteiger partial charge in [0, 0.05) is 48.1 Å². The van der Waals surface area contributed by atoms with Crippen LogP contribution in [-0.2, 0) is 26.2 Å². The third-order valence-corrected chi connectivity index (χ3v) is 11.6. The molecule has 0 saturated carbocycles. The molecule has 16 heteroatoms. The van der Waals surface area contributed by atoms with Crippen LogP contribution in [0.1, 0.15) is 16.7 Å². The maximum Gasteiger partial charge on any atom is 0.418 e. The molecule has 0 spiro atoms. The molecule has 0 atom stereocenters. The number of rotatable bonds is 4. The number of hydrogen-bond acceptors (Lipinski definition) is 6. The van der Waals surface area contributed by atoms with E-state index in [4.69, 9.17) is 0 Å². The highest BCUT2D eigenvalue weighted by molar-refractivity contribution is 14.1. The first-order valence-electron chi connectivity index (χ1n) is 12.7. The molecule has 6 rings (SSSR count). The lowest BCUT2D eigenvalue weighted by atomic mass is 10.2.